The summed E-state index contributed by atoms with van der Waals surface area (Å²) in [7, 11) is 0. The molecule has 0 N–H and O–H groups in total. The zero-order chi connectivity index (χ0) is 29.3. The number of amides is 1. The van der Waals surface area contributed by atoms with Crippen molar-refractivity contribution in [3.63, 3.8) is 0 Å². The van der Waals surface area contributed by atoms with Crippen molar-refractivity contribution in [2.45, 2.75) is 81.8 Å². The van der Waals surface area contributed by atoms with E-state index in [9.17, 15) is 9.18 Å². The molecule has 0 radical (unpaired) electrons. The first-order valence-corrected chi connectivity index (χ1v) is 15.5. The summed E-state index contributed by atoms with van der Waals surface area (Å²) in [4.78, 5) is 37.0. The van der Waals surface area contributed by atoms with Gasteiger partial charge in [-0.05, 0) is 82.0 Å². The Bertz CT molecular complexity index is 1620. The predicted molar refractivity (Wildman–Crippen MR) is 157 cm³/mol. The Hall–Kier alpha value is -3.73. The van der Waals surface area contributed by atoms with Crippen molar-refractivity contribution in [1.82, 2.24) is 29.7 Å². The largest absolute Gasteiger partial charge is 0.454 e. The van der Waals surface area contributed by atoms with Crippen molar-refractivity contribution in [2.75, 3.05) is 31.1 Å². The molecule has 3 atom stereocenters. The molecule has 4 aliphatic heterocycles. The molecular formula is C32H35F2N7O2. The van der Waals surface area contributed by atoms with Crippen LogP contribution in [0, 0.1) is 0 Å². The fourth-order valence-electron chi connectivity index (χ4n) is 8.39. The smallest absolute Gasteiger partial charge is 0.282 e. The molecule has 0 spiro atoms. The molecule has 1 aliphatic carbocycles. The van der Waals surface area contributed by atoms with Crippen LogP contribution >= 0.6 is 0 Å². The van der Waals surface area contributed by atoms with Gasteiger partial charge in [0.15, 0.2) is 11.6 Å². The quantitative estimate of drug-likeness (QED) is 0.389. The number of rotatable bonds is 6. The van der Waals surface area contributed by atoms with Crippen molar-refractivity contribution in [3.8, 4) is 17.0 Å². The van der Waals surface area contributed by atoms with Crippen LogP contribution < -0.4 is 9.64 Å². The van der Waals surface area contributed by atoms with Gasteiger partial charge in [-0.3, -0.25) is 19.7 Å². The lowest BCUT2D eigenvalue weighted by molar-refractivity contribution is -0.130. The average molecular weight is 588 g/mol. The number of anilines is 1. The van der Waals surface area contributed by atoms with E-state index in [0.717, 1.165) is 70.0 Å². The molecule has 4 fully saturated rings. The van der Waals surface area contributed by atoms with Gasteiger partial charge in [-0.1, -0.05) is 6.58 Å². The molecule has 7 heterocycles. The Labute approximate surface area is 249 Å². The van der Waals surface area contributed by atoms with Crippen molar-refractivity contribution in [3.05, 3.63) is 48.5 Å². The van der Waals surface area contributed by atoms with E-state index in [0.29, 0.717) is 47.7 Å². The fraction of sp³-hybridized carbons (Fsp3) is 0.531. The maximum atomic E-state index is 16.6. The Balaban J connectivity index is 1.22. The van der Waals surface area contributed by atoms with Crippen LogP contribution in [0.15, 0.2) is 37.3 Å². The van der Waals surface area contributed by atoms with Gasteiger partial charge < -0.3 is 14.5 Å². The van der Waals surface area contributed by atoms with E-state index >= 15 is 4.39 Å². The molecule has 0 aromatic carbocycles. The summed E-state index contributed by atoms with van der Waals surface area (Å²) in [6, 6.07) is -0.117. The summed E-state index contributed by atoms with van der Waals surface area (Å²) in [5, 5.41) is 0.663. The highest BCUT2D eigenvalue weighted by molar-refractivity contribution is 5.97. The lowest BCUT2D eigenvalue weighted by atomic mass is 9.88. The first-order chi connectivity index (χ1) is 21.0. The number of likely N-dealkylation sites (tertiary alicyclic amines) is 1. The third-order valence-corrected chi connectivity index (χ3v) is 10.5. The third kappa shape index (κ3) is 4.07. The van der Waals surface area contributed by atoms with Crippen LogP contribution in [0.2, 0.25) is 0 Å². The van der Waals surface area contributed by atoms with Crippen molar-refractivity contribution >= 4 is 22.6 Å². The second-order valence-corrected chi connectivity index (χ2v) is 12.6. The number of pyridine rings is 2. The summed E-state index contributed by atoms with van der Waals surface area (Å²) in [5.74, 6) is -0.598. The normalized spacial score (nSPS) is 24.8. The van der Waals surface area contributed by atoms with E-state index in [1.165, 1.54) is 17.5 Å². The van der Waals surface area contributed by atoms with Crippen molar-refractivity contribution in [2.24, 2.45) is 0 Å². The molecule has 9 nitrogen and oxygen atoms in total. The molecule has 3 aromatic heterocycles. The number of aromatic nitrogens is 4. The molecule has 224 valence electrons. The molecule has 4 saturated heterocycles. The molecule has 3 unspecified atom stereocenters. The van der Waals surface area contributed by atoms with Gasteiger partial charge in [0.25, 0.3) is 12.3 Å². The summed E-state index contributed by atoms with van der Waals surface area (Å²) in [5.41, 5.74) is 3.71. The molecule has 1 amide bonds. The van der Waals surface area contributed by atoms with Gasteiger partial charge in [0.2, 0.25) is 0 Å². The van der Waals surface area contributed by atoms with Crippen LogP contribution in [-0.2, 0) is 17.6 Å². The number of aryl methyl sites for hydroxylation is 1. The van der Waals surface area contributed by atoms with Crippen LogP contribution in [0.1, 0.15) is 56.1 Å². The Morgan fingerprint density at radius 3 is 2.65 bits per heavy atom. The second kappa shape index (κ2) is 10.2. The Kier molecular flexibility index (Phi) is 6.36. The van der Waals surface area contributed by atoms with Crippen molar-refractivity contribution in [1.29, 1.82) is 0 Å². The summed E-state index contributed by atoms with van der Waals surface area (Å²) < 4.78 is 36.6. The van der Waals surface area contributed by atoms with Gasteiger partial charge in [0, 0.05) is 37.2 Å². The maximum absolute atomic E-state index is 16.6. The number of carbonyl (C=O) groups excluding carboxylic acids is 1. The molecule has 8 rings (SSSR count). The minimum atomic E-state index is -1.54. The topological polar surface area (TPSA) is 87.6 Å². The standard InChI is InChI=1S/C32H35F2N7O2/c1-19(33)30(42)40-13-8-24-25(40)17-41(24)29-23-16-36-26(22-15-35-14-20-6-2-3-7-21(20)22)28(27(23)37-18-38-29)43-31(34)32-9-4-11-39(32)12-5-10-32/h14-16,18,24-25,31H,1-13,17H2. The van der Waals surface area contributed by atoms with Crippen LogP contribution in [0.5, 0.6) is 5.75 Å². The van der Waals surface area contributed by atoms with Gasteiger partial charge in [-0.25, -0.2) is 14.4 Å². The molecular weight excluding hydrogens is 552 g/mol. The van der Waals surface area contributed by atoms with Gasteiger partial charge in [0.1, 0.15) is 23.4 Å². The molecule has 5 aliphatic rings. The highest BCUT2D eigenvalue weighted by Gasteiger charge is 2.53. The first-order valence-electron chi connectivity index (χ1n) is 15.5. The van der Waals surface area contributed by atoms with E-state index in [2.05, 4.69) is 31.3 Å². The van der Waals surface area contributed by atoms with E-state index in [1.807, 2.05) is 12.4 Å². The number of halogens is 2. The number of alkyl halides is 1. The first kappa shape index (κ1) is 26.9. The van der Waals surface area contributed by atoms with Crippen LogP contribution in [0.3, 0.4) is 0 Å². The van der Waals surface area contributed by atoms with Gasteiger partial charge in [0.05, 0.1) is 23.0 Å². The number of fused-ring (bicyclic) bond motifs is 4. The Morgan fingerprint density at radius 1 is 1.02 bits per heavy atom. The van der Waals surface area contributed by atoms with Gasteiger partial charge in [-0.15, -0.1) is 0 Å². The van der Waals surface area contributed by atoms with Gasteiger partial charge >= 0.3 is 0 Å². The highest BCUT2D eigenvalue weighted by Crippen LogP contribution is 2.47. The van der Waals surface area contributed by atoms with E-state index in [4.69, 9.17) is 9.72 Å². The Morgan fingerprint density at radius 2 is 1.84 bits per heavy atom. The van der Waals surface area contributed by atoms with Gasteiger partial charge in [-0.2, -0.15) is 4.39 Å². The van der Waals surface area contributed by atoms with E-state index in [-0.39, 0.29) is 12.1 Å². The SMILES string of the molecule is C=C(F)C(=O)N1CCC2C1CN2c1ncnc2c(OC(F)C34CCCN3CCC4)c(-c3cncc4c3CCCC4)ncc12. The van der Waals surface area contributed by atoms with Crippen LogP contribution in [0.4, 0.5) is 14.6 Å². The summed E-state index contributed by atoms with van der Waals surface area (Å²) >= 11 is 0. The third-order valence-electron chi connectivity index (χ3n) is 10.5. The van der Waals surface area contributed by atoms with Crippen LogP contribution in [0.25, 0.3) is 22.2 Å². The summed E-state index contributed by atoms with van der Waals surface area (Å²) in [6.45, 7) is 5.93. The minimum absolute atomic E-state index is 0.00543. The zero-order valence-electron chi connectivity index (χ0n) is 24.1. The monoisotopic (exact) mass is 587 g/mol. The number of hydrogen-bond acceptors (Lipinski definition) is 8. The molecule has 43 heavy (non-hydrogen) atoms. The summed E-state index contributed by atoms with van der Waals surface area (Å²) in [6.07, 6.45) is 13.7. The molecule has 3 aromatic rings. The van der Waals surface area contributed by atoms with Crippen LogP contribution in [-0.4, -0.2) is 85.8 Å². The number of ether oxygens (including phenoxy) is 1. The average Bonchev–Trinajstić information content (AvgIpc) is 3.70. The lowest BCUT2D eigenvalue weighted by Gasteiger charge is -2.47. The molecule has 0 saturated carbocycles. The van der Waals surface area contributed by atoms with E-state index in [1.54, 1.807) is 11.1 Å². The number of nitrogens with zero attached hydrogens (tertiary/aromatic N) is 7. The second-order valence-electron chi connectivity index (χ2n) is 12.6. The highest BCUT2D eigenvalue weighted by atomic mass is 19.1. The molecule has 0 bridgehead atoms. The maximum Gasteiger partial charge on any atom is 0.282 e. The fourth-order valence-corrected chi connectivity index (χ4v) is 8.39. The molecule has 11 heteroatoms. The number of hydrogen-bond donors (Lipinski definition) is 0. The zero-order valence-corrected chi connectivity index (χ0v) is 24.1. The number of carbonyl (C=O) groups is 1. The van der Waals surface area contributed by atoms with E-state index < -0.39 is 23.6 Å². The lowest BCUT2D eigenvalue weighted by Crippen LogP contribution is -2.63. The minimum Gasteiger partial charge on any atom is -0.454 e. The van der Waals surface area contributed by atoms with Crippen molar-refractivity contribution < 1.29 is 18.3 Å². The predicted octanol–water partition coefficient (Wildman–Crippen LogP) is 4.54.